The molecular weight excluding hydrogens is 442 g/mol. The fourth-order valence-corrected chi connectivity index (χ4v) is 6.17. The van der Waals surface area contributed by atoms with Gasteiger partial charge in [-0.2, -0.15) is 5.10 Å². The SMILES string of the molecule is Cc1cccc(Cn2nccc2NC(=O)CSc2nc3sc4c(c3c(=O)n2C)CCC4)c1. The number of thiophene rings is 1. The number of carbonyl (C=O) groups excluding carboxylic acids is 1. The van der Waals surface area contributed by atoms with Crippen molar-refractivity contribution in [2.75, 3.05) is 11.1 Å². The third-order valence-electron chi connectivity index (χ3n) is 5.64. The number of benzene rings is 1. The topological polar surface area (TPSA) is 81.8 Å². The number of nitrogens with one attached hydrogen (secondary N) is 1. The highest BCUT2D eigenvalue weighted by Gasteiger charge is 2.22. The zero-order valence-electron chi connectivity index (χ0n) is 17.9. The predicted octanol–water partition coefficient (Wildman–Crippen LogP) is 3.77. The molecule has 1 N–H and O–H groups in total. The number of anilines is 1. The third-order valence-corrected chi connectivity index (χ3v) is 7.85. The lowest BCUT2D eigenvalue weighted by atomic mass is 10.1. The largest absolute Gasteiger partial charge is 0.310 e. The number of carbonyl (C=O) groups is 1. The summed E-state index contributed by atoms with van der Waals surface area (Å²) in [6.45, 7) is 2.63. The molecule has 9 heteroatoms. The maximum atomic E-state index is 12.9. The van der Waals surface area contributed by atoms with Crippen molar-refractivity contribution >= 4 is 45.0 Å². The van der Waals surface area contributed by atoms with Crippen LogP contribution in [-0.4, -0.2) is 31.0 Å². The van der Waals surface area contributed by atoms with Gasteiger partial charge >= 0.3 is 0 Å². The molecule has 1 amide bonds. The van der Waals surface area contributed by atoms with Gasteiger partial charge in [0.2, 0.25) is 5.91 Å². The Hall–Kier alpha value is -2.91. The van der Waals surface area contributed by atoms with Crippen LogP contribution in [0.5, 0.6) is 0 Å². The number of nitrogens with zero attached hydrogens (tertiary/aromatic N) is 4. The van der Waals surface area contributed by atoms with Crippen molar-refractivity contribution in [1.29, 1.82) is 0 Å². The predicted molar refractivity (Wildman–Crippen MR) is 129 cm³/mol. The summed E-state index contributed by atoms with van der Waals surface area (Å²) in [5, 5.41) is 8.59. The Morgan fingerprint density at radius 3 is 3.00 bits per heavy atom. The lowest BCUT2D eigenvalue weighted by Crippen LogP contribution is -2.22. The van der Waals surface area contributed by atoms with Crippen LogP contribution in [0.4, 0.5) is 5.82 Å². The van der Waals surface area contributed by atoms with E-state index in [1.807, 2.05) is 12.1 Å². The maximum Gasteiger partial charge on any atom is 0.262 e. The van der Waals surface area contributed by atoms with Gasteiger partial charge in [-0.25, -0.2) is 9.67 Å². The second-order valence-corrected chi connectivity index (χ2v) is 10.0. The molecule has 0 unspecified atom stereocenters. The van der Waals surface area contributed by atoms with Crippen LogP contribution in [0, 0.1) is 6.92 Å². The number of thioether (sulfide) groups is 1. The monoisotopic (exact) mass is 465 g/mol. The van der Waals surface area contributed by atoms with Crippen LogP contribution in [0.25, 0.3) is 10.2 Å². The smallest absolute Gasteiger partial charge is 0.262 e. The Morgan fingerprint density at radius 1 is 1.28 bits per heavy atom. The van der Waals surface area contributed by atoms with Gasteiger partial charge < -0.3 is 5.32 Å². The van der Waals surface area contributed by atoms with Crippen molar-refractivity contribution in [3.63, 3.8) is 0 Å². The lowest BCUT2D eigenvalue weighted by molar-refractivity contribution is -0.113. The summed E-state index contributed by atoms with van der Waals surface area (Å²) in [5.74, 6) is 0.639. The summed E-state index contributed by atoms with van der Waals surface area (Å²) in [6.07, 6.45) is 4.77. The number of hydrogen-bond donors (Lipinski definition) is 1. The fraction of sp³-hybridized carbons (Fsp3) is 0.304. The molecule has 1 aromatic carbocycles. The molecule has 32 heavy (non-hydrogen) atoms. The number of fused-ring (bicyclic) bond motifs is 3. The molecule has 0 bridgehead atoms. The summed E-state index contributed by atoms with van der Waals surface area (Å²) in [7, 11) is 1.73. The first kappa shape index (κ1) is 21.0. The molecule has 3 heterocycles. The van der Waals surface area contributed by atoms with Gasteiger partial charge in [-0.05, 0) is 37.3 Å². The molecule has 0 atom stereocenters. The van der Waals surface area contributed by atoms with Gasteiger partial charge in [0, 0.05) is 18.0 Å². The lowest BCUT2D eigenvalue weighted by Gasteiger charge is -2.10. The van der Waals surface area contributed by atoms with Crippen molar-refractivity contribution in [2.45, 2.75) is 37.9 Å². The molecule has 1 aliphatic carbocycles. The van der Waals surface area contributed by atoms with Crippen LogP contribution in [0.3, 0.4) is 0 Å². The van der Waals surface area contributed by atoms with Crippen molar-refractivity contribution in [3.8, 4) is 0 Å². The van der Waals surface area contributed by atoms with Gasteiger partial charge in [-0.3, -0.25) is 14.2 Å². The van der Waals surface area contributed by atoms with E-state index in [9.17, 15) is 9.59 Å². The quantitative estimate of drug-likeness (QED) is 0.346. The standard InChI is InChI=1S/C23H23N5O2S2/c1-14-5-3-6-15(11-14)12-28-18(9-10-24-28)25-19(29)13-31-23-26-21-20(22(30)27(23)2)16-7-4-8-17(16)32-21/h3,5-6,9-11H,4,7-8,12-13H2,1-2H3,(H,25,29). The normalized spacial score (nSPS) is 12.9. The third kappa shape index (κ3) is 3.98. The van der Waals surface area contributed by atoms with E-state index in [1.165, 1.54) is 27.8 Å². The summed E-state index contributed by atoms with van der Waals surface area (Å²) >= 11 is 2.89. The van der Waals surface area contributed by atoms with E-state index in [4.69, 9.17) is 4.98 Å². The van der Waals surface area contributed by atoms with Crippen molar-refractivity contribution < 1.29 is 4.79 Å². The van der Waals surface area contributed by atoms with Crippen LogP contribution in [0.2, 0.25) is 0 Å². The van der Waals surface area contributed by atoms with E-state index in [-0.39, 0.29) is 17.2 Å². The average molecular weight is 466 g/mol. The van der Waals surface area contributed by atoms with Crippen LogP contribution < -0.4 is 10.9 Å². The first-order chi connectivity index (χ1) is 15.5. The minimum absolute atomic E-state index is 0.0199. The van der Waals surface area contributed by atoms with Crippen molar-refractivity contribution in [3.05, 3.63) is 68.4 Å². The average Bonchev–Trinajstić information content (AvgIpc) is 3.46. The molecule has 0 spiro atoms. The second-order valence-electron chi connectivity index (χ2n) is 8.00. The summed E-state index contributed by atoms with van der Waals surface area (Å²) in [4.78, 5) is 32.3. The highest BCUT2D eigenvalue weighted by atomic mass is 32.2. The van der Waals surface area contributed by atoms with Crippen LogP contribution >= 0.6 is 23.1 Å². The summed E-state index contributed by atoms with van der Waals surface area (Å²) < 4.78 is 3.33. The molecule has 1 aliphatic rings. The molecule has 4 aromatic rings. The molecule has 0 saturated heterocycles. The highest BCUT2D eigenvalue weighted by Crippen LogP contribution is 2.35. The van der Waals surface area contributed by atoms with E-state index in [2.05, 4.69) is 29.5 Å². The Labute approximate surface area is 193 Å². The van der Waals surface area contributed by atoms with E-state index >= 15 is 0 Å². The number of hydrogen-bond acceptors (Lipinski definition) is 6. The van der Waals surface area contributed by atoms with Gasteiger partial charge in [0.25, 0.3) is 5.56 Å². The number of aromatic nitrogens is 4. The molecule has 164 valence electrons. The molecule has 7 nitrogen and oxygen atoms in total. The van der Waals surface area contributed by atoms with Crippen LogP contribution in [0.15, 0.2) is 46.5 Å². The zero-order chi connectivity index (χ0) is 22.2. The molecule has 5 rings (SSSR count). The van der Waals surface area contributed by atoms with E-state index in [1.54, 1.807) is 39.9 Å². The molecule has 0 aliphatic heterocycles. The van der Waals surface area contributed by atoms with E-state index in [0.29, 0.717) is 17.5 Å². The Bertz CT molecular complexity index is 1390. The van der Waals surface area contributed by atoms with Crippen molar-refractivity contribution in [1.82, 2.24) is 19.3 Å². The fourth-order valence-electron chi connectivity index (χ4n) is 4.09. The highest BCUT2D eigenvalue weighted by molar-refractivity contribution is 7.99. The van der Waals surface area contributed by atoms with Gasteiger partial charge in [-0.15, -0.1) is 11.3 Å². The zero-order valence-corrected chi connectivity index (χ0v) is 19.6. The Morgan fingerprint density at radius 2 is 2.16 bits per heavy atom. The number of rotatable bonds is 6. The Balaban J connectivity index is 1.28. The Kier molecular flexibility index (Phi) is 5.60. The summed E-state index contributed by atoms with van der Waals surface area (Å²) in [5.41, 5.74) is 3.46. The van der Waals surface area contributed by atoms with Crippen LogP contribution in [0.1, 0.15) is 28.0 Å². The molecular formula is C23H23N5O2S2. The van der Waals surface area contributed by atoms with Gasteiger partial charge in [0.1, 0.15) is 10.6 Å². The van der Waals surface area contributed by atoms with Gasteiger partial charge in [0.15, 0.2) is 5.16 Å². The van der Waals surface area contributed by atoms with Gasteiger partial charge in [0.05, 0.1) is 23.9 Å². The van der Waals surface area contributed by atoms with E-state index in [0.717, 1.165) is 35.0 Å². The number of amides is 1. The van der Waals surface area contributed by atoms with E-state index < -0.39 is 0 Å². The summed E-state index contributed by atoms with van der Waals surface area (Å²) in [6, 6.07) is 9.99. The molecule has 0 saturated carbocycles. The molecule has 3 aromatic heterocycles. The maximum absolute atomic E-state index is 12.9. The first-order valence-corrected chi connectivity index (χ1v) is 12.3. The second kappa shape index (κ2) is 8.55. The van der Waals surface area contributed by atoms with Crippen LogP contribution in [-0.2, 0) is 31.2 Å². The number of aryl methyl sites for hydroxylation is 3. The minimum atomic E-state index is -0.163. The van der Waals surface area contributed by atoms with Crippen molar-refractivity contribution in [2.24, 2.45) is 7.05 Å². The first-order valence-electron chi connectivity index (χ1n) is 10.5. The molecule has 0 radical (unpaired) electrons. The minimum Gasteiger partial charge on any atom is -0.310 e. The van der Waals surface area contributed by atoms with Gasteiger partial charge in [-0.1, -0.05) is 41.6 Å². The molecule has 0 fully saturated rings.